The number of likely N-dealkylation sites (tertiary alicyclic amines) is 1. The Kier molecular flexibility index (Phi) is 5.67. The highest BCUT2D eigenvalue weighted by Gasteiger charge is 2.57. The first-order chi connectivity index (χ1) is 15.8. The summed E-state index contributed by atoms with van der Waals surface area (Å²) in [6.07, 6.45) is 3.42. The van der Waals surface area contributed by atoms with Gasteiger partial charge in [0.25, 0.3) is 0 Å². The molecule has 1 saturated heterocycles. The molecule has 174 valence electrons. The van der Waals surface area contributed by atoms with Crippen LogP contribution in [0.15, 0.2) is 40.9 Å². The number of nitrogens with zero attached hydrogens (tertiary/aromatic N) is 1. The maximum absolute atomic E-state index is 14.4. The molecule has 0 unspecified atom stereocenters. The van der Waals surface area contributed by atoms with Crippen molar-refractivity contribution >= 4 is 27.7 Å². The number of carbonyl (C=O) groups excluding carboxylic acids is 2. The van der Waals surface area contributed by atoms with Gasteiger partial charge in [-0.15, -0.1) is 0 Å². The fourth-order valence-electron chi connectivity index (χ4n) is 5.05. The summed E-state index contributed by atoms with van der Waals surface area (Å²) in [4.78, 5) is 28.0. The van der Waals surface area contributed by atoms with Gasteiger partial charge in [-0.25, -0.2) is 8.78 Å². The maximum Gasteiger partial charge on any atom is 0.243 e. The number of amides is 2. The lowest BCUT2D eigenvalue weighted by Gasteiger charge is -2.29. The quantitative estimate of drug-likeness (QED) is 0.588. The van der Waals surface area contributed by atoms with Crippen molar-refractivity contribution in [2.45, 2.75) is 56.1 Å². The fraction of sp³-hybridized carbons (Fsp3) is 0.440. The first-order valence-corrected chi connectivity index (χ1v) is 12.0. The van der Waals surface area contributed by atoms with Gasteiger partial charge in [0.1, 0.15) is 23.4 Å². The van der Waals surface area contributed by atoms with Crippen LogP contribution in [-0.4, -0.2) is 35.9 Å². The van der Waals surface area contributed by atoms with Crippen LogP contribution in [-0.2, 0) is 21.5 Å². The van der Waals surface area contributed by atoms with E-state index in [2.05, 4.69) is 21.2 Å². The molecule has 3 fully saturated rings. The van der Waals surface area contributed by atoms with Gasteiger partial charge in [-0.3, -0.25) is 9.59 Å². The molecule has 0 spiro atoms. The average molecular weight is 519 g/mol. The Morgan fingerprint density at radius 1 is 1.21 bits per heavy atom. The lowest BCUT2D eigenvalue weighted by molar-refractivity contribution is -0.140. The van der Waals surface area contributed by atoms with Crippen molar-refractivity contribution in [2.24, 2.45) is 5.92 Å². The van der Waals surface area contributed by atoms with Crippen LogP contribution < -0.4 is 10.1 Å². The predicted octanol–water partition coefficient (Wildman–Crippen LogP) is 4.46. The van der Waals surface area contributed by atoms with Gasteiger partial charge in [0, 0.05) is 18.5 Å². The minimum absolute atomic E-state index is 0.0880. The molecule has 1 N–H and O–H groups in total. The molecule has 2 saturated carbocycles. The third-order valence-electron chi connectivity index (χ3n) is 7.11. The highest BCUT2D eigenvalue weighted by Crippen LogP contribution is 2.50. The fourth-order valence-corrected chi connectivity index (χ4v) is 5.61. The highest BCUT2D eigenvalue weighted by molar-refractivity contribution is 9.10. The molecule has 0 radical (unpaired) electrons. The number of fused-ring (bicyclic) bond motifs is 1. The Morgan fingerprint density at radius 2 is 2.00 bits per heavy atom. The van der Waals surface area contributed by atoms with Gasteiger partial charge in [0.15, 0.2) is 0 Å². The third-order valence-corrected chi connectivity index (χ3v) is 7.73. The minimum atomic E-state index is -0.542. The van der Waals surface area contributed by atoms with E-state index >= 15 is 0 Å². The number of hydrogen-bond acceptors (Lipinski definition) is 3. The smallest absolute Gasteiger partial charge is 0.243 e. The molecule has 5 nitrogen and oxygen atoms in total. The van der Waals surface area contributed by atoms with Crippen LogP contribution in [0.1, 0.15) is 43.2 Å². The topological polar surface area (TPSA) is 58.6 Å². The van der Waals surface area contributed by atoms with Crippen LogP contribution in [0.2, 0.25) is 0 Å². The number of carbonyl (C=O) groups is 2. The Morgan fingerprint density at radius 3 is 2.70 bits per heavy atom. The lowest BCUT2D eigenvalue weighted by Crippen LogP contribution is -2.50. The van der Waals surface area contributed by atoms with Crippen molar-refractivity contribution < 1.29 is 23.1 Å². The van der Waals surface area contributed by atoms with Gasteiger partial charge < -0.3 is 15.0 Å². The minimum Gasteiger partial charge on any atom is -0.495 e. The Balaban J connectivity index is 1.26. The molecule has 3 aliphatic rings. The van der Waals surface area contributed by atoms with E-state index in [9.17, 15) is 18.4 Å². The van der Waals surface area contributed by atoms with Crippen LogP contribution in [0, 0.1) is 17.6 Å². The molecule has 2 amide bonds. The van der Waals surface area contributed by atoms with Crippen molar-refractivity contribution in [1.82, 2.24) is 10.2 Å². The van der Waals surface area contributed by atoms with Gasteiger partial charge in [-0.1, -0.05) is 12.1 Å². The van der Waals surface area contributed by atoms with Gasteiger partial charge in [0.2, 0.25) is 11.8 Å². The Hall–Kier alpha value is -2.48. The van der Waals surface area contributed by atoms with Crippen molar-refractivity contribution in [2.75, 3.05) is 7.11 Å². The second-order valence-electron chi connectivity index (χ2n) is 9.28. The van der Waals surface area contributed by atoms with Gasteiger partial charge in [-0.05, 0) is 83.3 Å². The number of aryl methyl sites for hydroxylation is 1. The van der Waals surface area contributed by atoms with E-state index in [0.29, 0.717) is 28.1 Å². The van der Waals surface area contributed by atoms with Crippen LogP contribution in [0.4, 0.5) is 8.78 Å². The summed E-state index contributed by atoms with van der Waals surface area (Å²) in [6.45, 7) is 0. The molecule has 0 bridgehead atoms. The van der Waals surface area contributed by atoms with E-state index in [4.69, 9.17) is 4.74 Å². The number of ether oxygens (including phenoxy) is 1. The van der Waals surface area contributed by atoms with E-state index in [1.54, 1.807) is 17.0 Å². The van der Waals surface area contributed by atoms with E-state index < -0.39 is 17.4 Å². The summed E-state index contributed by atoms with van der Waals surface area (Å²) in [7, 11) is 1.47. The average Bonchev–Trinajstić information content (AvgIpc) is 3.71. The molecular formula is C25H25BrF2N2O3. The second-order valence-corrected chi connectivity index (χ2v) is 10.1. The monoisotopic (exact) mass is 518 g/mol. The zero-order chi connectivity index (χ0) is 23.3. The summed E-state index contributed by atoms with van der Waals surface area (Å²) in [5, 5.41) is 3.10. The molecule has 2 aliphatic carbocycles. The summed E-state index contributed by atoms with van der Waals surface area (Å²) >= 11 is 3.35. The zero-order valence-corrected chi connectivity index (χ0v) is 19.8. The molecule has 3 atom stereocenters. The van der Waals surface area contributed by atoms with E-state index in [-0.39, 0.29) is 36.5 Å². The molecule has 0 aromatic heterocycles. The number of nitrogens with one attached hydrogen (secondary N) is 1. The largest absolute Gasteiger partial charge is 0.495 e. The highest BCUT2D eigenvalue weighted by atomic mass is 79.9. The molecule has 33 heavy (non-hydrogen) atoms. The molecule has 1 aliphatic heterocycles. The van der Waals surface area contributed by atoms with E-state index in [1.807, 2.05) is 6.07 Å². The predicted molar refractivity (Wildman–Crippen MR) is 122 cm³/mol. The Bertz CT molecular complexity index is 1120. The van der Waals surface area contributed by atoms with Crippen molar-refractivity contribution in [3.8, 4) is 5.75 Å². The number of methoxy groups -OCH3 is 1. The number of benzene rings is 2. The summed E-state index contributed by atoms with van der Waals surface area (Å²) in [5.74, 6) is -0.330. The van der Waals surface area contributed by atoms with E-state index in [0.717, 1.165) is 24.8 Å². The standard InChI is InChI=1S/C25H25BrF2N2O3/c1-33-22-13-19(28)14(9-18(22)26)5-6-23(31)30-20-10-15(20)11-21(30)24(32)29-25(7-8-25)16-3-2-4-17(27)12-16/h2-4,9,12-13,15,20-21H,5-8,10-11H2,1H3,(H,29,32)/t15-,20-,21-/m1/s1. The molecule has 2 aromatic carbocycles. The number of hydrogen-bond donors (Lipinski definition) is 1. The van der Waals surface area contributed by atoms with Crippen LogP contribution in [0.25, 0.3) is 0 Å². The Labute approximate surface area is 199 Å². The van der Waals surface area contributed by atoms with Crippen molar-refractivity contribution in [3.63, 3.8) is 0 Å². The maximum atomic E-state index is 14.4. The van der Waals surface area contributed by atoms with Crippen molar-refractivity contribution in [1.29, 1.82) is 0 Å². The van der Waals surface area contributed by atoms with Gasteiger partial charge in [-0.2, -0.15) is 0 Å². The number of halogens is 3. The summed E-state index contributed by atoms with van der Waals surface area (Å²) in [5.41, 5.74) is 0.642. The van der Waals surface area contributed by atoms with Gasteiger partial charge >= 0.3 is 0 Å². The zero-order valence-electron chi connectivity index (χ0n) is 18.2. The first kappa shape index (κ1) is 22.3. The first-order valence-electron chi connectivity index (χ1n) is 11.2. The third kappa shape index (κ3) is 4.25. The molecular weight excluding hydrogens is 494 g/mol. The lowest BCUT2D eigenvalue weighted by atomic mass is 10.0. The molecule has 8 heteroatoms. The second kappa shape index (κ2) is 8.38. The SMILES string of the molecule is COc1cc(F)c(CCC(=O)N2[C@@H](C(=O)NC3(c4cccc(F)c4)CC3)C[C@H]3C[C@H]32)cc1Br. The van der Waals surface area contributed by atoms with Crippen LogP contribution >= 0.6 is 15.9 Å². The molecule has 1 heterocycles. The molecule has 2 aromatic rings. The summed E-state index contributed by atoms with van der Waals surface area (Å²) < 4.78 is 33.8. The normalized spacial score (nSPS) is 24.2. The summed E-state index contributed by atoms with van der Waals surface area (Å²) in [6, 6.07) is 8.81. The molecule has 5 rings (SSSR count). The van der Waals surface area contributed by atoms with Crippen molar-refractivity contribution in [3.05, 3.63) is 63.6 Å². The van der Waals surface area contributed by atoms with Crippen LogP contribution in [0.3, 0.4) is 0 Å². The van der Waals surface area contributed by atoms with Crippen LogP contribution in [0.5, 0.6) is 5.75 Å². The number of piperidine rings is 1. The number of rotatable bonds is 7. The van der Waals surface area contributed by atoms with E-state index in [1.165, 1.54) is 25.3 Å². The van der Waals surface area contributed by atoms with Gasteiger partial charge in [0.05, 0.1) is 17.1 Å².